The van der Waals surface area contributed by atoms with Crippen LogP contribution >= 0.6 is 0 Å². The molecule has 0 spiro atoms. The van der Waals surface area contributed by atoms with Gasteiger partial charge < -0.3 is 9.47 Å². The summed E-state index contributed by atoms with van der Waals surface area (Å²) in [7, 11) is 1.52. The summed E-state index contributed by atoms with van der Waals surface area (Å²) >= 11 is 0. The number of fused-ring (bicyclic) bond motifs is 1. The lowest BCUT2D eigenvalue weighted by molar-refractivity contribution is 0.101. The molecule has 4 rings (SSSR count). The molecule has 0 aliphatic heterocycles. The maximum Gasteiger partial charge on any atom is 0.237 e. The Morgan fingerprint density at radius 2 is 1.78 bits per heavy atom. The normalized spacial score (nSPS) is 10.7. The van der Waals surface area contributed by atoms with Gasteiger partial charge in [-0.2, -0.15) is 4.52 Å². The molecule has 0 saturated carbocycles. The number of carbonyl (C=O) groups is 1. The molecule has 2 aromatic carbocycles. The molecule has 2 aromatic heterocycles. The van der Waals surface area contributed by atoms with E-state index in [4.69, 9.17) is 9.47 Å². The van der Waals surface area contributed by atoms with Crippen LogP contribution in [0.1, 0.15) is 17.3 Å². The van der Waals surface area contributed by atoms with E-state index in [9.17, 15) is 4.79 Å². The molecule has 0 saturated heterocycles. The largest absolute Gasteiger partial charge is 0.493 e. The molecule has 7 nitrogen and oxygen atoms in total. The number of nitrogens with zero attached hydrogens (tertiary/aromatic N) is 4. The Kier molecular flexibility index (Phi) is 4.25. The Labute approximate surface area is 155 Å². The topological polar surface area (TPSA) is 78.6 Å². The quantitative estimate of drug-likeness (QED) is 0.504. The van der Waals surface area contributed by atoms with E-state index in [0.29, 0.717) is 34.4 Å². The number of ether oxygens (including phenoxy) is 2. The second-order valence-corrected chi connectivity index (χ2v) is 5.86. The first kappa shape index (κ1) is 16.7. The molecule has 0 bridgehead atoms. The van der Waals surface area contributed by atoms with E-state index in [1.54, 1.807) is 34.8 Å². The Balaban J connectivity index is 1.72. The average molecular weight is 360 g/mol. The Hall–Kier alpha value is -3.74. The fraction of sp³-hybridized carbons (Fsp3) is 0.100. The van der Waals surface area contributed by atoms with Crippen molar-refractivity contribution in [3.8, 4) is 28.8 Å². The van der Waals surface area contributed by atoms with E-state index in [0.717, 1.165) is 5.56 Å². The van der Waals surface area contributed by atoms with E-state index < -0.39 is 0 Å². The third-order valence-corrected chi connectivity index (χ3v) is 4.06. The third-order valence-electron chi connectivity index (χ3n) is 4.06. The van der Waals surface area contributed by atoms with Crippen molar-refractivity contribution >= 4 is 11.4 Å². The summed E-state index contributed by atoms with van der Waals surface area (Å²) in [5, 5.41) is 12.8. The minimum absolute atomic E-state index is 0.0450. The van der Waals surface area contributed by atoms with E-state index in [1.165, 1.54) is 14.0 Å². The molecule has 0 aliphatic carbocycles. The summed E-state index contributed by atoms with van der Waals surface area (Å²) in [6, 6.07) is 18.2. The van der Waals surface area contributed by atoms with Crippen LogP contribution in [0.25, 0.3) is 17.0 Å². The molecule has 0 amide bonds. The zero-order chi connectivity index (χ0) is 18.8. The number of carbonyl (C=O) groups excluding carboxylic acids is 1. The lowest BCUT2D eigenvalue weighted by atomic mass is 10.1. The van der Waals surface area contributed by atoms with E-state index >= 15 is 0 Å². The minimum atomic E-state index is -0.0450. The Morgan fingerprint density at radius 1 is 0.963 bits per heavy atom. The first-order valence-corrected chi connectivity index (χ1v) is 8.30. The summed E-state index contributed by atoms with van der Waals surface area (Å²) in [5.41, 5.74) is 2.06. The molecule has 0 unspecified atom stereocenters. The highest BCUT2D eigenvalue weighted by molar-refractivity contribution is 5.94. The van der Waals surface area contributed by atoms with Gasteiger partial charge in [-0.15, -0.1) is 15.3 Å². The molecule has 134 valence electrons. The highest BCUT2D eigenvalue weighted by Crippen LogP contribution is 2.32. The Morgan fingerprint density at radius 3 is 2.52 bits per heavy atom. The van der Waals surface area contributed by atoms with Crippen molar-refractivity contribution in [3.63, 3.8) is 0 Å². The lowest BCUT2D eigenvalue weighted by Crippen LogP contribution is -2.00. The van der Waals surface area contributed by atoms with Crippen LogP contribution in [0.5, 0.6) is 17.4 Å². The smallest absolute Gasteiger partial charge is 0.237 e. The maximum atomic E-state index is 11.5. The van der Waals surface area contributed by atoms with Crippen molar-refractivity contribution in [3.05, 3.63) is 66.2 Å². The van der Waals surface area contributed by atoms with Crippen LogP contribution in [0.2, 0.25) is 0 Å². The van der Waals surface area contributed by atoms with E-state index in [-0.39, 0.29) is 5.78 Å². The fourth-order valence-corrected chi connectivity index (χ4v) is 2.68. The van der Waals surface area contributed by atoms with Crippen molar-refractivity contribution < 1.29 is 14.3 Å². The number of ketones is 1. The van der Waals surface area contributed by atoms with Gasteiger partial charge in [-0.05, 0) is 31.2 Å². The standard InChI is InChI=1S/C20H16N4O3/c1-13(25)15-8-9-16(17(12-15)26-2)27-19-11-10-18-21-22-20(24(18)23-19)14-6-4-3-5-7-14/h3-12H,1-2H3. The number of methoxy groups -OCH3 is 1. The number of benzene rings is 2. The van der Waals surface area contributed by atoms with Crippen LogP contribution in [0, 0.1) is 0 Å². The molecule has 7 heteroatoms. The Bertz CT molecular complexity index is 1120. The predicted octanol–water partition coefficient (Wildman–Crippen LogP) is 3.79. The van der Waals surface area contributed by atoms with Crippen LogP contribution in [-0.4, -0.2) is 32.7 Å². The molecular weight excluding hydrogens is 344 g/mol. The van der Waals surface area contributed by atoms with Gasteiger partial charge in [0.1, 0.15) is 0 Å². The highest BCUT2D eigenvalue weighted by Gasteiger charge is 2.13. The number of hydrogen-bond acceptors (Lipinski definition) is 6. The van der Waals surface area contributed by atoms with Crippen LogP contribution in [0.4, 0.5) is 0 Å². The second-order valence-electron chi connectivity index (χ2n) is 5.86. The van der Waals surface area contributed by atoms with Gasteiger partial charge in [-0.25, -0.2) is 0 Å². The van der Waals surface area contributed by atoms with Gasteiger partial charge in [0.25, 0.3) is 0 Å². The van der Waals surface area contributed by atoms with Crippen molar-refractivity contribution in [1.29, 1.82) is 0 Å². The number of aromatic nitrogens is 4. The average Bonchev–Trinajstić information content (AvgIpc) is 3.12. The maximum absolute atomic E-state index is 11.5. The fourth-order valence-electron chi connectivity index (χ4n) is 2.68. The van der Waals surface area contributed by atoms with Crippen molar-refractivity contribution in [2.24, 2.45) is 0 Å². The van der Waals surface area contributed by atoms with Gasteiger partial charge >= 0.3 is 0 Å². The molecule has 0 N–H and O–H groups in total. The van der Waals surface area contributed by atoms with Crippen molar-refractivity contribution in [1.82, 2.24) is 19.8 Å². The van der Waals surface area contributed by atoms with Crippen LogP contribution in [0.3, 0.4) is 0 Å². The first-order chi connectivity index (χ1) is 13.2. The molecule has 4 aromatic rings. The minimum Gasteiger partial charge on any atom is -0.493 e. The summed E-state index contributed by atoms with van der Waals surface area (Å²) < 4.78 is 12.8. The molecule has 0 radical (unpaired) electrons. The zero-order valence-corrected chi connectivity index (χ0v) is 14.8. The van der Waals surface area contributed by atoms with Crippen molar-refractivity contribution in [2.45, 2.75) is 6.92 Å². The number of hydrogen-bond donors (Lipinski definition) is 0. The SMILES string of the molecule is COc1cc(C(C)=O)ccc1Oc1ccc2nnc(-c3ccccc3)n2n1. The van der Waals surface area contributed by atoms with Crippen LogP contribution < -0.4 is 9.47 Å². The molecule has 27 heavy (non-hydrogen) atoms. The van der Waals surface area contributed by atoms with Gasteiger partial charge in [0, 0.05) is 17.2 Å². The van der Waals surface area contributed by atoms with Crippen LogP contribution in [-0.2, 0) is 0 Å². The summed E-state index contributed by atoms with van der Waals surface area (Å²) in [6.07, 6.45) is 0. The third kappa shape index (κ3) is 3.22. The molecule has 0 fully saturated rings. The summed E-state index contributed by atoms with van der Waals surface area (Å²) in [4.78, 5) is 11.5. The van der Waals surface area contributed by atoms with Crippen molar-refractivity contribution in [2.75, 3.05) is 7.11 Å². The zero-order valence-electron chi connectivity index (χ0n) is 14.8. The molecule has 0 aliphatic rings. The molecular formula is C20H16N4O3. The van der Waals surface area contributed by atoms with Gasteiger partial charge in [0.2, 0.25) is 5.88 Å². The first-order valence-electron chi connectivity index (χ1n) is 8.30. The summed E-state index contributed by atoms with van der Waals surface area (Å²) in [5.74, 6) is 1.85. The number of rotatable bonds is 5. The van der Waals surface area contributed by atoms with E-state index in [1.807, 2.05) is 30.3 Å². The second kappa shape index (κ2) is 6.87. The van der Waals surface area contributed by atoms with Gasteiger partial charge in [-0.3, -0.25) is 4.79 Å². The summed E-state index contributed by atoms with van der Waals surface area (Å²) in [6.45, 7) is 1.50. The monoisotopic (exact) mass is 360 g/mol. The molecule has 0 atom stereocenters. The van der Waals surface area contributed by atoms with Gasteiger partial charge in [0.15, 0.2) is 28.8 Å². The molecule has 2 heterocycles. The number of Topliss-reactive ketones (excluding diaryl/α,β-unsaturated/α-hetero) is 1. The highest BCUT2D eigenvalue weighted by atomic mass is 16.5. The lowest BCUT2D eigenvalue weighted by Gasteiger charge is -2.10. The van der Waals surface area contributed by atoms with Crippen LogP contribution in [0.15, 0.2) is 60.7 Å². The van der Waals surface area contributed by atoms with Gasteiger partial charge in [0.05, 0.1) is 7.11 Å². The van der Waals surface area contributed by atoms with Gasteiger partial charge in [-0.1, -0.05) is 30.3 Å². The predicted molar refractivity (Wildman–Crippen MR) is 99.3 cm³/mol. The van der Waals surface area contributed by atoms with E-state index in [2.05, 4.69) is 15.3 Å².